The van der Waals surface area contributed by atoms with Gasteiger partial charge in [-0.2, -0.15) is 0 Å². The lowest BCUT2D eigenvalue weighted by atomic mass is 10.0. The van der Waals surface area contributed by atoms with Gasteiger partial charge >= 0.3 is 0 Å². The van der Waals surface area contributed by atoms with Crippen LogP contribution in [0.4, 0.5) is 0 Å². The monoisotopic (exact) mass is 283 g/mol. The number of carbonyl (C=O) groups is 1. The van der Waals surface area contributed by atoms with E-state index in [4.69, 9.17) is 11.6 Å². The highest BCUT2D eigenvalue weighted by Gasteiger charge is 2.18. The Morgan fingerprint density at radius 3 is 2.74 bits per heavy atom. The molecule has 0 heterocycles. The van der Waals surface area contributed by atoms with Gasteiger partial charge in [-0.05, 0) is 43.9 Å². The van der Waals surface area contributed by atoms with E-state index in [1.807, 2.05) is 32.0 Å². The summed E-state index contributed by atoms with van der Waals surface area (Å²) in [5.41, 5.74) is 1.25. The van der Waals surface area contributed by atoms with Crippen LogP contribution in [0, 0.1) is 6.92 Å². The lowest BCUT2D eigenvalue weighted by molar-refractivity contribution is -0.122. The number of aryl methyl sites for hydroxylation is 2. The van der Waals surface area contributed by atoms with E-state index >= 15 is 0 Å². The Bertz CT molecular complexity index is 444. The number of carbonyl (C=O) groups excluding carboxylic acids is 1. The molecule has 1 atom stereocenters. The van der Waals surface area contributed by atoms with Crippen molar-refractivity contribution < 1.29 is 9.90 Å². The van der Waals surface area contributed by atoms with Crippen LogP contribution in [0.15, 0.2) is 18.2 Å². The van der Waals surface area contributed by atoms with Crippen LogP contribution in [0.3, 0.4) is 0 Å². The second kappa shape index (κ2) is 6.92. The molecule has 0 saturated heterocycles. The zero-order chi connectivity index (χ0) is 14.5. The molecule has 1 aromatic carbocycles. The molecular formula is C15H22ClNO2. The largest absolute Gasteiger partial charge is 0.388 e. The predicted octanol–water partition coefficient (Wildman–Crippen LogP) is 2.86. The maximum absolute atomic E-state index is 11.7. The van der Waals surface area contributed by atoms with E-state index in [1.165, 1.54) is 0 Å². The first-order chi connectivity index (χ1) is 8.84. The Balaban J connectivity index is 2.40. The van der Waals surface area contributed by atoms with E-state index in [0.717, 1.165) is 16.1 Å². The molecule has 1 aromatic rings. The van der Waals surface area contributed by atoms with E-state index in [-0.39, 0.29) is 12.5 Å². The Morgan fingerprint density at radius 2 is 2.16 bits per heavy atom. The highest BCUT2D eigenvalue weighted by atomic mass is 35.5. The third kappa shape index (κ3) is 5.62. The molecule has 1 rings (SSSR count). The molecule has 3 nitrogen and oxygen atoms in total. The molecule has 0 bridgehead atoms. The number of rotatable bonds is 6. The van der Waals surface area contributed by atoms with Gasteiger partial charge in [-0.25, -0.2) is 0 Å². The summed E-state index contributed by atoms with van der Waals surface area (Å²) in [6.45, 7) is 5.84. The highest BCUT2D eigenvalue weighted by Crippen LogP contribution is 2.17. The van der Waals surface area contributed by atoms with Gasteiger partial charge in [0.15, 0.2) is 0 Å². The number of amides is 1. The van der Waals surface area contributed by atoms with Crippen LogP contribution in [0.5, 0.6) is 0 Å². The fraction of sp³-hybridized carbons (Fsp3) is 0.533. The molecule has 0 fully saturated rings. The summed E-state index contributed by atoms with van der Waals surface area (Å²) >= 11 is 6.04. The zero-order valence-corrected chi connectivity index (χ0v) is 12.5. The first-order valence-electron chi connectivity index (χ1n) is 6.58. The smallest absolute Gasteiger partial charge is 0.220 e. The summed E-state index contributed by atoms with van der Waals surface area (Å²) in [5.74, 6) is -0.0505. The van der Waals surface area contributed by atoms with Crippen molar-refractivity contribution in [2.24, 2.45) is 0 Å². The summed E-state index contributed by atoms with van der Waals surface area (Å²) in [7, 11) is 0. The van der Waals surface area contributed by atoms with E-state index in [9.17, 15) is 9.90 Å². The first-order valence-corrected chi connectivity index (χ1v) is 6.96. The molecular weight excluding hydrogens is 262 g/mol. The lowest BCUT2D eigenvalue weighted by Crippen LogP contribution is -2.40. The van der Waals surface area contributed by atoms with Gasteiger partial charge in [-0.3, -0.25) is 4.79 Å². The molecule has 0 aliphatic rings. The van der Waals surface area contributed by atoms with Crippen molar-refractivity contribution in [2.75, 3.05) is 6.54 Å². The average Bonchev–Trinajstić information content (AvgIpc) is 2.38. The minimum atomic E-state index is -0.831. The van der Waals surface area contributed by atoms with Crippen LogP contribution < -0.4 is 5.32 Å². The van der Waals surface area contributed by atoms with Gasteiger partial charge in [0.1, 0.15) is 0 Å². The molecule has 0 radical (unpaired) electrons. The Labute approximate surface area is 120 Å². The van der Waals surface area contributed by atoms with Gasteiger partial charge in [0.2, 0.25) is 5.91 Å². The van der Waals surface area contributed by atoms with E-state index in [1.54, 1.807) is 6.92 Å². The van der Waals surface area contributed by atoms with Gasteiger partial charge in [0.05, 0.1) is 5.60 Å². The van der Waals surface area contributed by atoms with Crippen LogP contribution >= 0.6 is 11.6 Å². The maximum atomic E-state index is 11.7. The summed E-state index contributed by atoms with van der Waals surface area (Å²) in [5, 5.41) is 13.3. The quantitative estimate of drug-likeness (QED) is 0.843. The van der Waals surface area contributed by atoms with E-state index in [0.29, 0.717) is 19.3 Å². The SMILES string of the molecule is CCC(C)(O)CNC(=O)CCc1ccc(C)c(Cl)c1. The van der Waals surface area contributed by atoms with Crippen LogP contribution in [-0.2, 0) is 11.2 Å². The summed E-state index contributed by atoms with van der Waals surface area (Å²) in [6.07, 6.45) is 1.67. The second-order valence-corrected chi connectivity index (χ2v) is 5.62. The topological polar surface area (TPSA) is 49.3 Å². The van der Waals surface area contributed by atoms with Crippen LogP contribution in [-0.4, -0.2) is 23.2 Å². The van der Waals surface area contributed by atoms with Gasteiger partial charge < -0.3 is 10.4 Å². The zero-order valence-electron chi connectivity index (χ0n) is 11.8. The van der Waals surface area contributed by atoms with Crippen LogP contribution in [0.1, 0.15) is 37.8 Å². The predicted molar refractivity (Wildman–Crippen MR) is 78.4 cm³/mol. The normalized spacial score (nSPS) is 13.9. The molecule has 19 heavy (non-hydrogen) atoms. The molecule has 106 valence electrons. The molecule has 1 amide bonds. The standard InChI is InChI=1S/C15H22ClNO2/c1-4-15(3,19)10-17-14(18)8-7-12-6-5-11(2)13(16)9-12/h5-6,9,19H,4,7-8,10H2,1-3H3,(H,17,18). The van der Waals surface area contributed by atoms with Crippen molar-refractivity contribution in [1.29, 1.82) is 0 Å². The summed E-state index contributed by atoms with van der Waals surface area (Å²) in [6, 6.07) is 5.83. The minimum Gasteiger partial charge on any atom is -0.388 e. The van der Waals surface area contributed by atoms with Crippen molar-refractivity contribution >= 4 is 17.5 Å². The lowest BCUT2D eigenvalue weighted by Gasteiger charge is -2.21. The fourth-order valence-corrected chi connectivity index (χ4v) is 1.76. The third-order valence-electron chi connectivity index (χ3n) is 3.31. The molecule has 0 aliphatic carbocycles. The van der Waals surface area contributed by atoms with Crippen molar-refractivity contribution in [2.45, 2.75) is 45.6 Å². The second-order valence-electron chi connectivity index (χ2n) is 5.21. The first kappa shape index (κ1) is 16.0. The Kier molecular flexibility index (Phi) is 5.83. The van der Waals surface area contributed by atoms with E-state index < -0.39 is 5.60 Å². The van der Waals surface area contributed by atoms with Crippen LogP contribution in [0.25, 0.3) is 0 Å². The number of aliphatic hydroxyl groups is 1. The molecule has 1 unspecified atom stereocenters. The van der Waals surface area contributed by atoms with Crippen molar-refractivity contribution in [1.82, 2.24) is 5.32 Å². The number of nitrogens with one attached hydrogen (secondary N) is 1. The maximum Gasteiger partial charge on any atom is 0.220 e. The van der Waals surface area contributed by atoms with Crippen molar-refractivity contribution in [3.05, 3.63) is 34.3 Å². The minimum absolute atomic E-state index is 0.0505. The Hall–Kier alpha value is -1.06. The molecule has 0 saturated carbocycles. The third-order valence-corrected chi connectivity index (χ3v) is 3.71. The van der Waals surface area contributed by atoms with Crippen molar-refractivity contribution in [3.8, 4) is 0 Å². The van der Waals surface area contributed by atoms with Gasteiger partial charge in [0, 0.05) is 18.0 Å². The highest BCUT2D eigenvalue weighted by molar-refractivity contribution is 6.31. The van der Waals surface area contributed by atoms with Crippen molar-refractivity contribution in [3.63, 3.8) is 0 Å². The van der Waals surface area contributed by atoms with Gasteiger partial charge in [-0.15, -0.1) is 0 Å². The number of hydrogen-bond donors (Lipinski definition) is 2. The molecule has 2 N–H and O–H groups in total. The summed E-state index contributed by atoms with van der Waals surface area (Å²) < 4.78 is 0. The van der Waals surface area contributed by atoms with Gasteiger partial charge in [-0.1, -0.05) is 30.7 Å². The molecule has 4 heteroatoms. The van der Waals surface area contributed by atoms with E-state index in [2.05, 4.69) is 5.32 Å². The number of hydrogen-bond acceptors (Lipinski definition) is 2. The number of benzene rings is 1. The average molecular weight is 284 g/mol. The molecule has 0 spiro atoms. The molecule has 0 aromatic heterocycles. The number of halogens is 1. The summed E-state index contributed by atoms with van der Waals surface area (Å²) in [4.78, 5) is 11.7. The van der Waals surface area contributed by atoms with Crippen LogP contribution in [0.2, 0.25) is 5.02 Å². The Morgan fingerprint density at radius 1 is 1.47 bits per heavy atom. The fourth-order valence-electron chi connectivity index (χ4n) is 1.55. The molecule has 0 aliphatic heterocycles. The van der Waals surface area contributed by atoms with Gasteiger partial charge in [0.25, 0.3) is 0 Å².